The van der Waals surface area contributed by atoms with Crippen molar-refractivity contribution in [1.29, 1.82) is 0 Å². The summed E-state index contributed by atoms with van der Waals surface area (Å²) in [4.78, 5) is 7.09. The van der Waals surface area contributed by atoms with Crippen molar-refractivity contribution in [2.45, 2.75) is 0 Å². The van der Waals surface area contributed by atoms with Gasteiger partial charge in [0.1, 0.15) is 5.01 Å². The van der Waals surface area contributed by atoms with Crippen LogP contribution >= 0.6 is 23.6 Å². The monoisotopic (exact) mass is 398 g/mol. The predicted octanol–water partition coefficient (Wildman–Crippen LogP) is 3.58. The van der Waals surface area contributed by atoms with Gasteiger partial charge in [-0.25, -0.2) is 4.98 Å². The Morgan fingerprint density at radius 1 is 1.11 bits per heavy atom. The van der Waals surface area contributed by atoms with Crippen LogP contribution in [-0.4, -0.2) is 54.4 Å². The zero-order valence-corrected chi connectivity index (χ0v) is 16.6. The Balaban J connectivity index is 1.30. The zero-order valence-electron chi connectivity index (χ0n) is 15.0. The predicted molar refractivity (Wildman–Crippen MR) is 117 cm³/mol. The van der Waals surface area contributed by atoms with Crippen LogP contribution in [0.15, 0.2) is 48.5 Å². The average Bonchev–Trinajstić information content (AvgIpc) is 3.13. The molecule has 1 aliphatic heterocycles. The number of benzene rings is 2. The number of thiocarbonyl (C=S) groups is 1. The number of thiazole rings is 1. The smallest absolute Gasteiger partial charge is 0.170 e. The van der Waals surface area contributed by atoms with Crippen molar-refractivity contribution < 1.29 is 4.74 Å². The fourth-order valence-corrected chi connectivity index (χ4v) is 4.21. The molecule has 2 N–H and O–H groups in total. The maximum atomic E-state index is 5.40. The number of nitrogens with one attached hydrogen (secondary N) is 2. The van der Waals surface area contributed by atoms with Crippen LogP contribution in [0.25, 0.3) is 20.8 Å². The molecule has 5 nitrogen and oxygen atoms in total. The van der Waals surface area contributed by atoms with Gasteiger partial charge in [-0.3, -0.25) is 4.90 Å². The summed E-state index contributed by atoms with van der Waals surface area (Å²) in [6, 6.07) is 16.5. The normalized spacial score (nSPS) is 15.0. The van der Waals surface area contributed by atoms with E-state index >= 15 is 0 Å². The van der Waals surface area contributed by atoms with Gasteiger partial charge in [0.2, 0.25) is 0 Å². The number of nitrogens with zero attached hydrogens (tertiary/aromatic N) is 2. The Kier molecular flexibility index (Phi) is 5.94. The number of rotatable bonds is 5. The molecule has 0 unspecified atom stereocenters. The largest absolute Gasteiger partial charge is 0.379 e. The van der Waals surface area contributed by atoms with Gasteiger partial charge in [-0.1, -0.05) is 12.1 Å². The Morgan fingerprint density at radius 3 is 2.67 bits per heavy atom. The summed E-state index contributed by atoms with van der Waals surface area (Å²) < 4.78 is 6.57. The topological polar surface area (TPSA) is 49.4 Å². The second-order valence-electron chi connectivity index (χ2n) is 6.40. The van der Waals surface area contributed by atoms with Gasteiger partial charge in [0.25, 0.3) is 0 Å². The lowest BCUT2D eigenvalue weighted by molar-refractivity contribution is 0.0389. The quantitative estimate of drug-likeness (QED) is 0.641. The first-order valence-electron chi connectivity index (χ1n) is 9.09. The van der Waals surface area contributed by atoms with Gasteiger partial charge >= 0.3 is 0 Å². The standard InChI is InChI=1S/C20H22N4OS2/c26-20(21-9-10-24-11-13-25-14-12-24)22-16-7-5-15(6-8-16)19-23-17-3-1-2-4-18(17)27-19/h1-8H,9-14H2,(H2,21,22,26). The third kappa shape index (κ3) is 4.81. The zero-order chi connectivity index (χ0) is 18.5. The van der Waals surface area contributed by atoms with E-state index in [-0.39, 0.29) is 0 Å². The van der Waals surface area contributed by atoms with Crippen molar-refractivity contribution in [3.05, 3.63) is 48.5 Å². The van der Waals surface area contributed by atoms with Crippen molar-refractivity contribution in [3.8, 4) is 10.6 Å². The van der Waals surface area contributed by atoms with E-state index in [0.717, 1.165) is 61.2 Å². The molecule has 0 aliphatic carbocycles. The molecular formula is C20H22N4OS2. The van der Waals surface area contributed by atoms with Crippen LogP contribution < -0.4 is 10.6 Å². The number of hydrogen-bond acceptors (Lipinski definition) is 5. The van der Waals surface area contributed by atoms with E-state index in [9.17, 15) is 0 Å². The molecule has 2 aromatic carbocycles. The van der Waals surface area contributed by atoms with E-state index in [0.29, 0.717) is 5.11 Å². The van der Waals surface area contributed by atoms with Crippen LogP contribution in [0.1, 0.15) is 0 Å². The number of ether oxygens (including phenoxy) is 1. The first-order valence-corrected chi connectivity index (χ1v) is 10.3. The molecule has 0 saturated carbocycles. The first kappa shape index (κ1) is 18.3. The molecule has 140 valence electrons. The molecule has 1 saturated heterocycles. The molecule has 0 radical (unpaired) electrons. The lowest BCUT2D eigenvalue weighted by atomic mass is 10.2. The fourth-order valence-electron chi connectivity index (χ4n) is 3.02. The summed E-state index contributed by atoms with van der Waals surface area (Å²) in [5, 5.41) is 8.20. The van der Waals surface area contributed by atoms with Crippen LogP contribution in [0.3, 0.4) is 0 Å². The number of para-hydroxylation sites is 1. The molecule has 27 heavy (non-hydrogen) atoms. The molecule has 1 aliphatic rings. The van der Waals surface area contributed by atoms with Crippen LogP contribution in [0.5, 0.6) is 0 Å². The van der Waals surface area contributed by atoms with Crippen LogP contribution in [0.4, 0.5) is 5.69 Å². The van der Waals surface area contributed by atoms with Crippen molar-refractivity contribution in [2.24, 2.45) is 0 Å². The molecule has 7 heteroatoms. The average molecular weight is 399 g/mol. The Hall–Kier alpha value is -2.06. The van der Waals surface area contributed by atoms with Gasteiger partial charge in [-0.15, -0.1) is 11.3 Å². The number of fused-ring (bicyclic) bond motifs is 1. The van der Waals surface area contributed by atoms with E-state index in [1.54, 1.807) is 11.3 Å². The van der Waals surface area contributed by atoms with Crippen molar-refractivity contribution in [2.75, 3.05) is 44.7 Å². The Bertz CT molecular complexity index is 871. The number of morpholine rings is 1. The molecule has 0 amide bonds. The lowest BCUT2D eigenvalue weighted by Crippen LogP contribution is -2.42. The van der Waals surface area contributed by atoms with Gasteiger partial charge in [-0.2, -0.15) is 0 Å². The van der Waals surface area contributed by atoms with Gasteiger partial charge in [0.15, 0.2) is 5.11 Å². The highest BCUT2D eigenvalue weighted by molar-refractivity contribution is 7.80. The third-order valence-corrected chi connectivity index (χ3v) is 5.83. The highest BCUT2D eigenvalue weighted by atomic mass is 32.1. The molecule has 0 atom stereocenters. The van der Waals surface area contributed by atoms with Crippen LogP contribution in [0.2, 0.25) is 0 Å². The van der Waals surface area contributed by atoms with E-state index in [1.807, 2.05) is 30.3 Å². The van der Waals surface area contributed by atoms with Gasteiger partial charge in [0.05, 0.1) is 23.4 Å². The van der Waals surface area contributed by atoms with E-state index < -0.39 is 0 Å². The van der Waals surface area contributed by atoms with Gasteiger partial charge in [-0.05, 0) is 48.6 Å². The molecule has 0 spiro atoms. The maximum absolute atomic E-state index is 5.40. The summed E-state index contributed by atoms with van der Waals surface area (Å²) in [7, 11) is 0. The molecule has 1 fully saturated rings. The third-order valence-electron chi connectivity index (χ3n) is 4.50. The van der Waals surface area contributed by atoms with Crippen molar-refractivity contribution in [1.82, 2.24) is 15.2 Å². The fraction of sp³-hybridized carbons (Fsp3) is 0.300. The maximum Gasteiger partial charge on any atom is 0.170 e. The summed E-state index contributed by atoms with van der Waals surface area (Å²) >= 11 is 7.11. The Morgan fingerprint density at radius 2 is 1.89 bits per heavy atom. The van der Waals surface area contributed by atoms with Crippen molar-refractivity contribution >= 4 is 44.6 Å². The minimum absolute atomic E-state index is 0.649. The minimum Gasteiger partial charge on any atom is -0.379 e. The summed E-state index contributed by atoms with van der Waals surface area (Å²) in [6.45, 7) is 5.44. The molecule has 4 rings (SSSR count). The van der Waals surface area contributed by atoms with Crippen LogP contribution in [0, 0.1) is 0 Å². The van der Waals surface area contributed by atoms with Crippen molar-refractivity contribution in [3.63, 3.8) is 0 Å². The van der Waals surface area contributed by atoms with Crippen LogP contribution in [-0.2, 0) is 4.74 Å². The van der Waals surface area contributed by atoms with E-state index in [1.165, 1.54) is 4.70 Å². The second-order valence-corrected chi connectivity index (χ2v) is 7.84. The molecular weight excluding hydrogens is 376 g/mol. The van der Waals surface area contributed by atoms with Gasteiger partial charge < -0.3 is 15.4 Å². The number of aromatic nitrogens is 1. The number of anilines is 1. The van der Waals surface area contributed by atoms with Gasteiger partial charge in [0, 0.05) is 37.4 Å². The SMILES string of the molecule is S=C(NCCN1CCOCC1)Nc1ccc(-c2nc3ccccc3s2)cc1. The molecule has 0 bridgehead atoms. The minimum atomic E-state index is 0.649. The van der Waals surface area contributed by atoms with E-state index in [4.69, 9.17) is 21.9 Å². The first-order chi connectivity index (χ1) is 13.3. The molecule has 3 aromatic rings. The highest BCUT2D eigenvalue weighted by Crippen LogP contribution is 2.30. The Labute approximate surface area is 168 Å². The highest BCUT2D eigenvalue weighted by Gasteiger charge is 2.10. The summed E-state index contributed by atoms with van der Waals surface area (Å²) in [6.07, 6.45) is 0. The number of hydrogen-bond donors (Lipinski definition) is 2. The lowest BCUT2D eigenvalue weighted by Gasteiger charge is -2.26. The molecule has 1 aromatic heterocycles. The second kappa shape index (κ2) is 8.75. The summed E-state index contributed by atoms with van der Waals surface area (Å²) in [5.41, 5.74) is 3.14. The van der Waals surface area contributed by atoms with E-state index in [2.05, 4.69) is 33.7 Å². The summed E-state index contributed by atoms with van der Waals surface area (Å²) in [5.74, 6) is 0. The molecule has 2 heterocycles.